The van der Waals surface area contributed by atoms with Crippen molar-refractivity contribution >= 4 is 6.09 Å². The molecule has 1 atom stereocenters. The topological polar surface area (TPSA) is 111 Å². The molecule has 1 amide bonds. The number of fused-ring (bicyclic) bond motifs is 1. The van der Waals surface area contributed by atoms with Gasteiger partial charge in [0.05, 0.1) is 31.1 Å². The Bertz CT molecular complexity index is 1150. The predicted molar refractivity (Wildman–Crippen MR) is 121 cm³/mol. The van der Waals surface area contributed by atoms with Gasteiger partial charge in [0.15, 0.2) is 0 Å². The molecule has 1 aromatic carbocycles. The molecule has 1 aliphatic rings. The zero-order valence-corrected chi connectivity index (χ0v) is 18.6. The third kappa shape index (κ3) is 5.17. The van der Waals surface area contributed by atoms with Crippen molar-refractivity contribution in [2.45, 2.75) is 26.1 Å². The van der Waals surface area contributed by atoms with Crippen LogP contribution in [0.1, 0.15) is 24.4 Å². The molecule has 0 saturated carbocycles. The van der Waals surface area contributed by atoms with Gasteiger partial charge in [0.25, 0.3) is 5.56 Å². The van der Waals surface area contributed by atoms with Gasteiger partial charge in [-0.2, -0.15) is 0 Å². The maximum Gasteiger partial charge on any atom is 0.409 e. The molecular weight excluding hydrogens is 424 g/mol. The first-order chi connectivity index (χ1) is 16.1. The molecule has 1 unspecified atom stereocenters. The van der Waals surface area contributed by atoms with Crippen LogP contribution in [0.15, 0.2) is 53.7 Å². The van der Waals surface area contributed by atoms with E-state index >= 15 is 0 Å². The Kier molecular flexibility index (Phi) is 6.94. The summed E-state index contributed by atoms with van der Waals surface area (Å²) < 4.78 is 12.0. The van der Waals surface area contributed by atoms with Crippen molar-refractivity contribution < 1.29 is 14.3 Å². The number of amides is 1. The van der Waals surface area contributed by atoms with Crippen molar-refractivity contribution in [2.75, 3.05) is 26.8 Å². The van der Waals surface area contributed by atoms with Gasteiger partial charge in [-0.05, 0) is 30.7 Å². The van der Waals surface area contributed by atoms with Gasteiger partial charge in [0.2, 0.25) is 0 Å². The molecule has 172 valence electrons. The molecule has 0 saturated heterocycles. The molecule has 0 bridgehead atoms. The van der Waals surface area contributed by atoms with Crippen LogP contribution >= 0.6 is 0 Å². The van der Waals surface area contributed by atoms with E-state index in [2.05, 4.69) is 15.3 Å². The minimum Gasteiger partial charge on any atom is -0.497 e. The Morgan fingerprint density at radius 1 is 1.18 bits per heavy atom. The summed E-state index contributed by atoms with van der Waals surface area (Å²) in [6, 6.07) is 10.5. The molecule has 0 spiro atoms. The predicted octanol–water partition coefficient (Wildman–Crippen LogP) is 2.01. The second-order valence-electron chi connectivity index (χ2n) is 7.51. The fraction of sp³-hybridized carbons (Fsp3) is 0.348. The molecule has 3 heterocycles. The van der Waals surface area contributed by atoms with Gasteiger partial charge in [-0.1, -0.05) is 12.1 Å². The van der Waals surface area contributed by atoms with Crippen LogP contribution in [-0.2, 0) is 17.8 Å². The molecule has 4 rings (SSSR count). The van der Waals surface area contributed by atoms with E-state index in [0.29, 0.717) is 43.4 Å². The van der Waals surface area contributed by atoms with Crippen LogP contribution < -0.4 is 15.6 Å². The van der Waals surface area contributed by atoms with Crippen LogP contribution in [-0.4, -0.2) is 57.3 Å². The van der Waals surface area contributed by atoms with Crippen LogP contribution in [0.5, 0.6) is 5.75 Å². The lowest BCUT2D eigenvalue weighted by molar-refractivity contribution is 0.104. The lowest BCUT2D eigenvalue weighted by Crippen LogP contribution is -2.38. The number of hydrogen-bond acceptors (Lipinski definition) is 8. The van der Waals surface area contributed by atoms with Gasteiger partial charge in [-0.3, -0.25) is 9.36 Å². The molecule has 0 radical (unpaired) electrons. The molecule has 1 aliphatic heterocycles. The van der Waals surface area contributed by atoms with Crippen molar-refractivity contribution in [2.24, 2.45) is 0 Å². The molecular formula is C23H26N6O4. The molecule has 10 nitrogen and oxygen atoms in total. The largest absolute Gasteiger partial charge is 0.497 e. The molecule has 33 heavy (non-hydrogen) atoms. The van der Waals surface area contributed by atoms with E-state index in [9.17, 15) is 9.59 Å². The van der Waals surface area contributed by atoms with E-state index in [0.717, 1.165) is 11.3 Å². The maximum absolute atomic E-state index is 13.0. The van der Waals surface area contributed by atoms with E-state index in [-0.39, 0.29) is 12.2 Å². The number of carbonyl (C=O) groups is 1. The molecule has 1 N–H and O–H groups in total. The summed E-state index contributed by atoms with van der Waals surface area (Å²) in [5, 5.41) is 3.46. The lowest BCUT2D eigenvalue weighted by atomic mass is 10.1. The molecule has 10 heteroatoms. The van der Waals surface area contributed by atoms with Crippen molar-refractivity contribution in [3.05, 3.63) is 70.7 Å². The van der Waals surface area contributed by atoms with Gasteiger partial charge < -0.3 is 19.7 Å². The van der Waals surface area contributed by atoms with Gasteiger partial charge in [-0.25, -0.2) is 19.7 Å². The van der Waals surface area contributed by atoms with Crippen molar-refractivity contribution in [1.29, 1.82) is 0 Å². The normalized spacial score (nSPS) is 15.5. The maximum atomic E-state index is 13.0. The Morgan fingerprint density at radius 3 is 2.70 bits per heavy atom. The van der Waals surface area contributed by atoms with E-state index in [1.807, 2.05) is 24.3 Å². The number of nitrogens with zero attached hydrogens (tertiary/aromatic N) is 5. The van der Waals surface area contributed by atoms with Crippen LogP contribution in [0.4, 0.5) is 4.79 Å². The second-order valence-corrected chi connectivity index (χ2v) is 7.51. The van der Waals surface area contributed by atoms with Crippen molar-refractivity contribution in [1.82, 2.24) is 29.7 Å². The number of ether oxygens (including phenoxy) is 2. The second kappa shape index (κ2) is 10.2. The van der Waals surface area contributed by atoms with Crippen LogP contribution in [0, 0.1) is 0 Å². The minimum atomic E-state index is -0.411. The molecule has 0 aliphatic carbocycles. The molecule has 0 fully saturated rings. The summed E-state index contributed by atoms with van der Waals surface area (Å²) in [4.78, 5) is 40.0. The number of aromatic nitrogens is 4. The third-order valence-corrected chi connectivity index (χ3v) is 5.43. The first-order valence-corrected chi connectivity index (χ1v) is 10.7. The summed E-state index contributed by atoms with van der Waals surface area (Å²) in [6.45, 7) is 3.55. The zero-order valence-electron chi connectivity index (χ0n) is 18.6. The van der Waals surface area contributed by atoms with E-state index in [1.54, 1.807) is 35.8 Å². The number of hydrogen-bond donors (Lipinski definition) is 1. The average molecular weight is 450 g/mol. The van der Waals surface area contributed by atoms with Gasteiger partial charge in [0.1, 0.15) is 17.9 Å². The van der Waals surface area contributed by atoms with Crippen LogP contribution in [0.25, 0.3) is 11.4 Å². The first-order valence-electron chi connectivity index (χ1n) is 10.7. The zero-order chi connectivity index (χ0) is 23.2. The number of methoxy groups -OCH3 is 1. The average Bonchev–Trinajstić information content (AvgIpc) is 3.04. The summed E-state index contributed by atoms with van der Waals surface area (Å²) in [5.41, 5.74) is 1.86. The fourth-order valence-corrected chi connectivity index (χ4v) is 3.72. The highest BCUT2D eigenvalue weighted by molar-refractivity contribution is 5.67. The van der Waals surface area contributed by atoms with E-state index in [4.69, 9.17) is 14.5 Å². The number of nitrogens with one attached hydrogen (secondary N) is 1. The number of rotatable bonds is 6. The lowest BCUT2D eigenvalue weighted by Gasteiger charge is -2.24. The van der Waals surface area contributed by atoms with Gasteiger partial charge in [-0.15, -0.1) is 0 Å². The summed E-state index contributed by atoms with van der Waals surface area (Å²) >= 11 is 0. The quantitative estimate of drug-likeness (QED) is 0.607. The Labute approximate surface area is 191 Å². The third-order valence-electron chi connectivity index (χ3n) is 5.43. The van der Waals surface area contributed by atoms with Crippen LogP contribution in [0.2, 0.25) is 0 Å². The number of carbonyl (C=O) groups excluding carboxylic acids is 1. The van der Waals surface area contributed by atoms with E-state index in [1.165, 1.54) is 12.4 Å². The Balaban J connectivity index is 1.67. The van der Waals surface area contributed by atoms with Gasteiger partial charge in [0, 0.05) is 38.4 Å². The van der Waals surface area contributed by atoms with Gasteiger partial charge >= 0.3 is 6.09 Å². The van der Waals surface area contributed by atoms with Crippen molar-refractivity contribution in [3.8, 4) is 17.1 Å². The summed E-state index contributed by atoms with van der Waals surface area (Å²) in [7, 11) is 1.62. The van der Waals surface area contributed by atoms with Crippen molar-refractivity contribution in [3.63, 3.8) is 0 Å². The highest BCUT2D eigenvalue weighted by Crippen LogP contribution is 2.21. The van der Waals surface area contributed by atoms with Crippen LogP contribution in [0.3, 0.4) is 0 Å². The highest BCUT2D eigenvalue weighted by atomic mass is 16.6. The monoisotopic (exact) mass is 450 g/mol. The van der Waals surface area contributed by atoms with E-state index < -0.39 is 12.1 Å². The summed E-state index contributed by atoms with van der Waals surface area (Å²) in [5.74, 6) is 1.33. The molecule has 2 aromatic heterocycles. The SMILES string of the molecule is CCOC(=O)N1CCn2c(nc(-c3ccncn3)cc2=O)C(NCc2ccc(OC)cc2)C1. The first kappa shape index (κ1) is 22.4. The standard InChI is InChI=1S/C23H26N6O4/c1-3-33-23(31)28-10-11-29-21(30)12-19(18-8-9-24-15-26-18)27-22(29)20(14-28)25-13-16-4-6-17(32-2)7-5-16/h4-9,12,15,20,25H,3,10-11,13-14H2,1-2H3. The Morgan fingerprint density at radius 2 is 2.00 bits per heavy atom. The Hall–Kier alpha value is -3.79. The smallest absolute Gasteiger partial charge is 0.409 e. The molecule has 3 aromatic rings. The fourth-order valence-electron chi connectivity index (χ4n) is 3.72. The summed E-state index contributed by atoms with van der Waals surface area (Å²) in [6.07, 6.45) is 2.61. The highest BCUT2D eigenvalue weighted by Gasteiger charge is 2.29. The minimum absolute atomic E-state index is 0.199. The number of benzene rings is 1.